The van der Waals surface area contributed by atoms with Gasteiger partial charge in [0, 0.05) is 12.4 Å². The highest BCUT2D eigenvalue weighted by atomic mass is 79.9. The van der Waals surface area contributed by atoms with Crippen LogP contribution in [0.2, 0.25) is 0 Å². The Morgan fingerprint density at radius 1 is 1.21 bits per heavy atom. The third kappa shape index (κ3) is 7.62. The lowest BCUT2D eigenvalue weighted by atomic mass is 10.1. The molecule has 1 aromatic carbocycles. The maximum Gasteiger partial charge on any atom is 0.407 e. The average molecular weight is 446 g/mol. The quantitative estimate of drug-likeness (QED) is 0.592. The molecule has 6 nitrogen and oxygen atoms in total. The number of carbonyl (C=O) groups is 1. The van der Waals surface area contributed by atoms with E-state index in [0.717, 1.165) is 21.2 Å². The van der Waals surface area contributed by atoms with Gasteiger partial charge in [-0.1, -0.05) is 48.1 Å². The summed E-state index contributed by atoms with van der Waals surface area (Å²) in [5.74, 6) is 0.647. The smallest absolute Gasteiger partial charge is 0.407 e. The second-order valence-corrected chi connectivity index (χ2v) is 7.29. The molecule has 148 valence electrons. The first kappa shape index (κ1) is 21.8. The number of aliphatic hydroxyl groups excluding tert-OH is 1. The summed E-state index contributed by atoms with van der Waals surface area (Å²) >= 11 is 3.31. The molecule has 1 atom stereocenters. The van der Waals surface area contributed by atoms with Crippen LogP contribution in [0.3, 0.4) is 0 Å². The van der Waals surface area contributed by atoms with Crippen LogP contribution >= 0.6 is 15.9 Å². The molecule has 0 aliphatic heterocycles. The Morgan fingerprint density at radius 3 is 2.54 bits per heavy atom. The van der Waals surface area contributed by atoms with Crippen molar-refractivity contribution in [2.24, 2.45) is 0 Å². The maximum absolute atomic E-state index is 11.9. The van der Waals surface area contributed by atoms with E-state index < -0.39 is 12.1 Å². The fourth-order valence-electron chi connectivity index (χ4n) is 2.41. The summed E-state index contributed by atoms with van der Waals surface area (Å²) in [7, 11) is 0. The standard InChI is InChI=1S/C21H24BrN3O3/c1-15(8-9-16(2)20-23-11-18(22)12-24-20)10-19(13-26)25-21(27)28-14-17-6-4-3-5-7-17/h3-9,11-12,19,26H,10,13-14H2,1-2H3,(H,25,27)/b15-8+,16-9+/t19-/m0/s1. The number of aromatic nitrogens is 2. The number of rotatable bonds is 8. The minimum atomic E-state index is -0.550. The molecule has 7 heteroatoms. The zero-order chi connectivity index (χ0) is 20.4. The van der Waals surface area contributed by atoms with E-state index in [0.29, 0.717) is 12.2 Å². The van der Waals surface area contributed by atoms with Crippen LogP contribution in [-0.2, 0) is 11.3 Å². The van der Waals surface area contributed by atoms with Crippen LogP contribution in [0.25, 0.3) is 5.57 Å². The third-order valence-electron chi connectivity index (χ3n) is 3.91. The molecule has 0 saturated carbocycles. The van der Waals surface area contributed by atoms with Gasteiger partial charge in [0.1, 0.15) is 6.61 Å². The van der Waals surface area contributed by atoms with Gasteiger partial charge >= 0.3 is 6.09 Å². The van der Waals surface area contributed by atoms with E-state index in [1.807, 2.05) is 56.3 Å². The number of carbonyl (C=O) groups excluding carboxylic acids is 1. The predicted octanol–water partition coefficient (Wildman–Crippen LogP) is 4.27. The number of hydrogen-bond acceptors (Lipinski definition) is 5. The Morgan fingerprint density at radius 2 is 1.89 bits per heavy atom. The SMILES string of the molecule is C/C(=C\C=C(/C)c1ncc(Br)cn1)C[C@@H](CO)NC(=O)OCc1ccccc1. The molecular weight excluding hydrogens is 422 g/mol. The minimum absolute atomic E-state index is 0.176. The van der Waals surface area contributed by atoms with Crippen molar-refractivity contribution in [2.75, 3.05) is 6.61 Å². The Labute approximate surface area is 173 Å². The van der Waals surface area contributed by atoms with Gasteiger partial charge in [0.2, 0.25) is 0 Å². The second-order valence-electron chi connectivity index (χ2n) is 6.38. The average Bonchev–Trinajstić information content (AvgIpc) is 2.71. The summed E-state index contributed by atoms with van der Waals surface area (Å²) in [6, 6.07) is 9.02. The molecule has 2 aromatic rings. The molecule has 28 heavy (non-hydrogen) atoms. The van der Waals surface area contributed by atoms with E-state index >= 15 is 0 Å². The summed E-state index contributed by atoms with van der Waals surface area (Å²) < 4.78 is 6.02. The first-order chi connectivity index (χ1) is 13.5. The van der Waals surface area contributed by atoms with Gasteiger partial charge in [0.05, 0.1) is 17.1 Å². The first-order valence-corrected chi connectivity index (χ1v) is 9.67. The zero-order valence-corrected chi connectivity index (χ0v) is 17.5. The topological polar surface area (TPSA) is 84.3 Å². The fourth-order valence-corrected chi connectivity index (χ4v) is 2.61. The van der Waals surface area contributed by atoms with Crippen LogP contribution < -0.4 is 5.32 Å². The van der Waals surface area contributed by atoms with Gasteiger partial charge in [-0.05, 0) is 47.3 Å². The predicted molar refractivity (Wildman–Crippen MR) is 112 cm³/mol. The molecule has 0 bridgehead atoms. The third-order valence-corrected chi connectivity index (χ3v) is 4.32. The van der Waals surface area contributed by atoms with Crippen LogP contribution in [0, 0.1) is 0 Å². The van der Waals surface area contributed by atoms with E-state index in [1.165, 1.54) is 0 Å². The molecule has 0 saturated heterocycles. The van der Waals surface area contributed by atoms with Crippen LogP contribution in [0.1, 0.15) is 31.7 Å². The molecule has 1 aromatic heterocycles. The van der Waals surface area contributed by atoms with Crippen LogP contribution in [0.5, 0.6) is 0 Å². The summed E-state index contributed by atoms with van der Waals surface area (Å²) in [6.45, 7) is 3.88. The Balaban J connectivity index is 1.86. The molecule has 0 aliphatic carbocycles. The normalized spacial score (nSPS) is 13.1. The van der Waals surface area contributed by atoms with Crippen LogP contribution in [0.15, 0.2) is 64.9 Å². The molecule has 0 fully saturated rings. The number of allylic oxidation sites excluding steroid dienone is 3. The number of benzene rings is 1. The van der Waals surface area contributed by atoms with Gasteiger partial charge in [0.15, 0.2) is 5.82 Å². The molecule has 1 heterocycles. The molecule has 0 unspecified atom stereocenters. The lowest BCUT2D eigenvalue weighted by molar-refractivity contribution is 0.129. The number of alkyl carbamates (subject to hydrolysis) is 1. The second kappa shape index (κ2) is 11.4. The fraction of sp³-hybridized carbons (Fsp3) is 0.286. The largest absolute Gasteiger partial charge is 0.445 e. The zero-order valence-electron chi connectivity index (χ0n) is 15.9. The van der Waals surface area contributed by atoms with Gasteiger partial charge in [-0.3, -0.25) is 0 Å². The molecular formula is C21H24BrN3O3. The summed E-state index contributed by atoms with van der Waals surface area (Å²) in [4.78, 5) is 20.4. The van der Waals surface area contributed by atoms with E-state index in [-0.39, 0.29) is 13.2 Å². The monoisotopic (exact) mass is 445 g/mol. The van der Waals surface area contributed by atoms with Crippen molar-refractivity contribution in [1.29, 1.82) is 0 Å². The number of amides is 1. The van der Waals surface area contributed by atoms with Gasteiger partial charge in [0.25, 0.3) is 0 Å². The molecule has 0 aliphatic rings. The van der Waals surface area contributed by atoms with Gasteiger partial charge in [-0.15, -0.1) is 0 Å². The number of nitrogens with zero attached hydrogens (tertiary/aromatic N) is 2. The number of ether oxygens (including phenoxy) is 1. The molecule has 2 N–H and O–H groups in total. The lowest BCUT2D eigenvalue weighted by Crippen LogP contribution is -2.38. The first-order valence-electron chi connectivity index (χ1n) is 8.88. The van der Waals surface area contributed by atoms with Gasteiger partial charge in [-0.2, -0.15) is 0 Å². The van der Waals surface area contributed by atoms with Gasteiger partial charge < -0.3 is 15.2 Å². The highest BCUT2D eigenvalue weighted by Crippen LogP contribution is 2.13. The van der Waals surface area contributed by atoms with Crippen molar-refractivity contribution in [1.82, 2.24) is 15.3 Å². The van der Waals surface area contributed by atoms with Crippen molar-refractivity contribution in [3.8, 4) is 0 Å². The lowest BCUT2D eigenvalue weighted by Gasteiger charge is -2.16. The van der Waals surface area contributed by atoms with Crippen molar-refractivity contribution < 1.29 is 14.6 Å². The van der Waals surface area contributed by atoms with E-state index in [9.17, 15) is 9.90 Å². The highest BCUT2D eigenvalue weighted by Gasteiger charge is 2.13. The van der Waals surface area contributed by atoms with Crippen LogP contribution in [0.4, 0.5) is 4.79 Å². The Bertz CT molecular complexity index is 821. The number of hydrogen-bond donors (Lipinski definition) is 2. The Hall–Kier alpha value is -2.51. The summed E-state index contributed by atoms with van der Waals surface area (Å²) in [6.07, 6.45) is 7.19. The number of aliphatic hydroxyl groups is 1. The van der Waals surface area contributed by atoms with E-state index in [2.05, 4.69) is 31.2 Å². The maximum atomic E-state index is 11.9. The highest BCUT2D eigenvalue weighted by molar-refractivity contribution is 9.10. The number of halogens is 1. The number of nitrogens with one attached hydrogen (secondary N) is 1. The van der Waals surface area contributed by atoms with Crippen molar-refractivity contribution >= 4 is 27.6 Å². The summed E-state index contributed by atoms with van der Waals surface area (Å²) in [5.41, 5.74) is 2.83. The molecule has 0 radical (unpaired) electrons. The summed E-state index contributed by atoms with van der Waals surface area (Å²) in [5, 5.41) is 12.2. The minimum Gasteiger partial charge on any atom is -0.445 e. The molecule has 0 spiro atoms. The molecule has 2 rings (SSSR count). The van der Waals surface area contributed by atoms with Crippen LogP contribution in [-0.4, -0.2) is 33.8 Å². The van der Waals surface area contributed by atoms with Crippen molar-refractivity contribution in [3.63, 3.8) is 0 Å². The van der Waals surface area contributed by atoms with E-state index in [4.69, 9.17) is 4.74 Å². The van der Waals surface area contributed by atoms with E-state index in [1.54, 1.807) is 12.4 Å². The Kier molecular flexibility index (Phi) is 8.84. The van der Waals surface area contributed by atoms with Gasteiger partial charge in [-0.25, -0.2) is 14.8 Å². The molecule has 1 amide bonds. The van der Waals surface area contributed by atoms with Crippen molar-refractivity contribution in [3.05, 3.63) is 76.3 Å². The van der Waals surface area contributed by atoms with Crippen molar-refractivity contribution in [2.45, 2.75) is 32.9 Å².